The zero-order valence-corrected chi connectivity index (χ0v) is 18.9. The van der Waals surface area contributed by atoms with Gasteiger partial charge in [-0.15, -0.1) is 0 Å². The standard InChI is InChI=1S/Fe.Ga.K.Mg.Mn.Ni.H3P.Pb.8H/h;;;;;;1H3;;;;;;;;;/q;;+1;+2;;;;;;;;;;3*-1. The normalized spacial score (nSPS) is 0. The molecule has 0 aromatic rings. The maximum absolute atomic E-state index is 0. The molecule has 0 fully saturated rings. The zero-order valence-electron chi connectivity index (χ0n) is 7.17. The second-order valence-corrected chi connectivity index (χ2v) is 0. The van der Waals surface area contributed by atoms with Crippen LogP contribution in [0.15, 0.2) is 0 Å². The van der Waals surface area contributed by atoms with E-state index in [0.717, 1.165) is 0 Å². The Balaban J connectivity index is 0. The zero-order chi connectivity index (χ0) is 0. The Hall–Kier alpha value is 5.92. The van der Waals surface area contributed by atoms with Crippen LogP contribution in [0.5, 0.6) is 0 Å². The Morgan fingerprint density at radius 2 is 1.12 bits per heavy atom. The molecule has 8 heteroatoms. The summed E-state index contributed by atoms with van der Waals surface area (Å²) in [7, 11) is 0. The van der Waals surface area contributed by atoms with Gasteiger partial charge < -0.3 is 4.28 Å². The van der Waals surface area contributed by atoms with E-state index in [-0.39, 0.29) is 186 Å². The summed E-state index contributed by atoms with van der Waals surface area (Å²) in [5, 5.41) is 0. The van der Waals surface area contributed by atoms with Gasteiger partial charge in [0, 0.05) is 50.6 Å². The van der Waals surface area contributed by atoms with E-state index in [9.17, 15) is 0 Å². The first kappa shape index (κ1) is 66.3. The van der Waals surface area contributed by atoms with Crippen molar-refractivity contribution in [2.75, 3.05) is 0 Å². The fourth-order valence-electron chi connectivity index (χ4n) is 0. The van der Waals surface area contributed by atoms with Gasteiger partial charge in [0.25, 0.3) is 0 Å². The molecule has 0 aliphatic carbocycles. The average Bonchev–Trinajstić information content (AvgIpc) is 0. The first-order valence-corrected chi connectivity index (χ1v) is 0. The maximum atomic E-state index is 0. The van der Waals surface area contributed by atoms with Gasteiger partial charge in [-0.25, -0.2) is 0 Å². The molecule has 1 atom stereocenters. The van der Waals surface area contributed by atoms with E-state index in [1.54, 1.807) is 0 Å². The molecular formula is H11FeGaKMgMnNiPPb. The quantitative estimate of drug-likeness (QED) is 0.209. The fraction of sp³-hybridized carbons (Fsp3) is 0. The Kier molecular flexibility index (Phi) is 434. The molecule has 0 spiro atoms. The van der Waals surface area contributed by atoms with Crippen LogP contribution in [0.25, 0.3) is 0 Å². The molecule has 3 radical (unpaired) electrons. The van der Waals surface area contributed by atoms with Crippen LogP contribution in [0, 0.1) is 0 Å². The average molecular weight is 552 g/mol. The third-order valence-electron chi connectivity index (χ3n) is 0. The number of hydrogen-bond donors (Lipinski definition) is 0. The molecule has 0 aromatic carbocycles. The molecule has 0 aliphatic heterocycles. The van der Waals surface area contributed by atoms with Crippen LogP contribution >= 0.6 is 9.90 Å². The molecule has 0 heterocycles. The van der Waals surface area contributed by atoms with Crippen molar-refractivity contribution in [3.05, 3.63) is 0 Å². The molecule has 0 bridgehead atoms. The van der Waals surface area contributed by atoms with Crippen molar-refractivity contribution >= 4 is 80.0 Å². The minimum atomic E-state index is 0. The number of hydrogen-bond acceptors (Lipinski definition) is 0. The molecule has 8 heavy (non-hydrogen) atoms. The summed E-state index contributed by atoms with van der Waals surface area (Å²) >= 11 is 0. The van der Waals surface area contributed by atoms with Gasteiger partial charge in [-0.1, -0.05) is 0 Å². The Morgan fingerprint density at radius 3 is 1.12 bits per heavy atom. The van der Waals surface area contributed by atoms with E-state index in [1.165, 1.54) is 0 Å². The van der Waals surface area contributed by atoms with Crippen LogP contribution in [-0.2, 0) is 50.6 Å². The number of rotatable bonds is 0. The van der Waals surface area contributed by atoms with Crippen LogP contribution in [0.3, 0.4) is 0 Å². The molecular weight excluding hydrogens is 541 g/mol. The molecule has 0 rings (SSSR count). The van der Waals surface area contributed by atoms with Crippen LogP contribution in [0.2, 0.25) is 0 Å². The van der Waals surface area contributed by atoms with Crippen molar-refractivity contribution in [1.82, 2.24) is 0 Å². The molecule has 0 nitrogen and oxygen atoms in total. The van der Waals surface area contributed by atoms with E-state index in [0.29, 0.717) is 0 Å². The van der Waals surface area contributed by atoms with Gasteiger partial charge in [-0.3, -0.25) is 0 Å². The summed E-state index contributed by atoms with van der Waals surface area (Å²) < 4.78 is 0. The summed E-state index contributed by atoms with van der Waals surface area (Å²) in [6.07, 6.45) is 0. The van der Waals surface area contributed by atoms with Crippen molar-refractivity contribution in [1.29, 1.82) is 0 Å². The predicted octanol–water partition coefficient (Wildman–Crippen LogP) is -5.09. The van der Waals surface area contributed by atoms with E-state index in [1.807, 2.05) is 0 Å². The van der Waals surface area contributed by atoms with Crippen molar-refractivity contribution in [2.45, 2.75) is 0 Å². The molecule has 0 saturated carbocycles. The van der Waals surface area contributed by atoms with Gasteiger partial charge >= 0.3 is 122 Å². The molecule has 0 amide bonds. The van der Waals surface area contributed by atoms with Gasteiger partial charge in [0.05, 0.1) is 0 Å². The summed E-state index contributed by atoms with van der Waals surface area (Å²) in [5.41, 5.74) is 0. The monoisotopic (exact) mass is 551 g/mol. The Bertz CT molecular complexity index is 33.3. The topological polar surface area (TPSA) is 0 Å². The van der Waals surface area contributed by atoms with Crippen LogP contribution in [-0.4, -0.2) is 70.1 Å². The van der Waals surface area contributed by atoms with E-state index in [4.69, 9.17) is 0 Å². The fourth-order valence-corrected chi connectivity index (χ4v) is 0. The van der Waals surface area contributed by atoms with Gasteiger partial charge in [0.1, 0.15) is 0 Å². The summed E-state index contributed by atoms with van der Waals surface area (Å²) in [6.45, 7) is 0. The molecule has 1 unspecified atom stereocenters. The second kappa shape index (κ2) is 52.4. The van der Waals surface area contributed by atoms with Gasteiger partial charge in [0.15, 0.2) is 0 Å². The van der Waals surface area contributed by atoms with Crippen molar-refractivity contribution in [3.8, 4) is 0 Å². The minimum absolute atomic E-state index is 0. The van der Waals surface area contributed by atoms with Crippen LogP contribution < -0.4 is 51.4 Å². The van der Waals surface area contributed by atoms with Crippen LogP contribution in [0.4, 0.5) is 0 Å². The van der Waals surface area contributed by atoms with Crippen molar-refractivity contribution in [2.24, 2.45) is 0 Å². The van der Waals surface area contributed by atoms with Gasteiger partial charge in [-0.05, 0) is 0 Å². The summed E-state index contributed by atoms with van der Waals surface area (Å²) in [4.78, 5) is 0. The molecule has 0 aliphatic rings. The third-order valence-corrected chi connectivity index (χ3v) is 0. The predicted molar refractivity (Wildman–Crippen MR) is 38.7 cm³/mol. The van der Waals surface area contributed by atoms with E-state index < -0.39 is 0 Å². The molecule has 0 aromatic heterocycles. The Labute approximate surface area is 181 Å². The van der Waals surface area contributed by atoms with Crippen molar-refractivity contribution in [3.63, 3.8) is 0 Å². The summed E-state index contributed by atoms with van der Waals surface area (Å²) in [6, 6.07) is 0. The van der Waals surface area contributed by atoms with E-state index >= 15 is 0 Å². The summed E-state index contributed by atoms with van der Waals surface area (Å²) in [5.74, 6) is 0. The van der Waals surface area contributed by atoms with Gasteiger partial charge in [0.2, 0.25) is 0 Å². The SMILES string of the molecule is P.[Fe].[GaH3].[H-].[H-].[H-].[K+].[Mg+2].[Mn].[Ni].[PbH2]. The molecule has 0 N–H and O–H groups in total. The van der Waals surface area contributed by atoms with Crippen LogP contribution in [0.1, 0.15) is 4.28 Å². The Morgan fingerprint density at radius 1 is 1.12 bits per heavy atom. The molecule has 0 saturated heterocycles. The first-order valence-electron chi connectivity index (χ1n) is 0. The third kappa shape index (κ3) is 40.5. The second-order valence-electron chi connectivity index (χ2n) is 0. The first-order chi connectivity index (χ1) is 0. The van der Waals surface area contributed by atoms with Crippen molar-refractivity contribution < 1.29 is 106 Å². The molecule has 51 valence electrons. The van der Waals surface area contributed by atoms with E-state index in [2.05, 4.69) is 0 Å². The van der Waals surface area contributed by atoms with Gasteiger partial charge in [-0.2, -0.15) is 9.90 Å².